The first kappa shape index (κ1) is 21.1. The van der Waals surface area contributed by atoms with Gasteiger partial charge in [0, 0.05) is 13.2 Å². The van der Waals surface area contributed by atoms with E-state index in [1.807, 2.05) is 0 Å². The van der Waals surface area contributed by atoms with Crippen molar-refractivity contribution in [1.82, 2.24) is 4.57 Å². The number of aryl methyl sites for hydroxylation is 1. The largest absolute Gasteiger partial charge is 0.425 e. The van der Waals surface area contributed by atoms with Crippen molar-refractivity contribution in [3.05, 3.63) is 18.3 Å². The first-order valence-electron chi connectivity index (χ1n) is 5.63. The molecule has 144 valence electrons. The first-order valence-corrected chi connectivity index (χ1v) is 13.1. The van der Waals surface area contributed by atoms with Crippen LogP contribution >= 0.6 is 38.8 Å². The van der Waals surface area contributed by atoms with Crippen LogP contribution in [0.1, 0.15) is 0 Å². The zero-order valence-corrected chi connectivity index (χ0v) is 16.0. The molecule has 20 heteroatoms. The Bertz CT molecular complexity index is 959. The van der Waals surface area contributed by atoms with E-state index in [0.29, 0.717) is 0 Å². The van der Waals surface area contributed by atoms with Crippen LogP contribution in [0.2, 0.25) is 0 Å². The van der Waals surface area contributed by atoms with E-state index in [-0.39, 0.29) is 0 Å². The van der Waals surface area contributed by atoms with E-state index < -0.39 is 44.3 Å². The molecule has 2 rings (SSSR count). The maximum Gasteiger partial charge on any atom is 0.425 e. The number of nitrogens with zero attached hydrogens (tertiary/aromatic N) is 6. The zero-order valence-electron chi connectivity index (χ0n) is 11.6. The Hall–Kier alpha value is -0.200. The number of hydrogen-bond donors (Lipinski definition) is 0. The molecule has 0 fully saturated rings. The van der Waals surface area contributed by atoms with E-state index in [1.54, 1.807) is 9.03 Å². The molecule has 1 aliphatic rings. The molecule has 6 nitrogen and oxygen atoms in total. The SMILES string of the molecule is Cn1cccc1P1(F)=NP(F)(F)=NP(F)(F)=NP(F)(F)=NP(F)(F)=N1. The standard InChI is InChI=1S/C5H6F9N6P5/c1-20-4-2-3-5(20)21(6)15-22(7,8)17-24(11,12)19-25(13,14)18-23(9,10)16-21/h2-4H,1H3. The zero-order chi connectivity index (χ0) is 19.3. The topological polar surface area (TPSA) is 66.7 Å². The average molecular weight is 476 g/mol. The van der Waals surface area contributed by atoms with Gasteiger partial charge in [-0.3, -0.25) is 0 Å². The molecule has 1 aromatic heterocycles. The van der Waals surface area contributed by atoms with E-state index in [4.69, 9.17) is 0 Å². The van der Waals surface area contributed by atoms with Crippen LogP contribution in [-0.4, -0.2) is 4.57 Å². The van der Waals surface area contributed by atoms with Crippen molar-refractivity contribution < 1.29 is 37.8 Å². The van der Waals surface area contributed by atoms with Crippen molar-refractivity contribution in [3.63, 3.8) is 0 Å². The number of aromatic nitrogens is 1. The maximum absolute atomic E-state index is 14.9. The highest BCUT2D eigenvalue weighted by molar-refractivity contribution is 7.81. The van der Waals surface area contributed by atoms with Crippen molar-refractivity contribution in [1.29, 1.82) is 0 Å². The molecule has 0 saturated heterocycles. The average Bonchev–Trinajstić information content (AvgIpc) is 2.66. The van der Waals surface area contributed by atoms with Gasteiger partial charge < -0.3 is 4.57 Å². The highest BCUT2D eigenvalue weighted by Crippen LogP contribution is 2.82. The van der Waals surface area contributed by atoms with Gasteiger partial charge in [0.1, 0.15) is 5.44 Å². The summed E-state index contributed by atoms with van der Waals surface area (Å²) in [5.41, 5.74) is -0.905. The van der Waals surface area contributed by atoms with Gasteiger partial charge in [-0.2, -0.15) is 4.20 Å². The lowest BCUT2D eigenvalue weighted by atomic mass is 10.7. The summed E-state index contributed by atoms with van der Waals surface area (Å²) in [5.74, 6) is 0. The smallest absolute Gasteiger partial charge is 0.346 e. The highest BCUT2D eigenvalue weighted by Gasteiger charge is 2.41. The van der Waals surface area contributed by atoms with E-state index in [0.717, 1.165) is 29.9 Å². The third kappa shape index (κ3) is 5.39. The summed E-state index contributed by atoms with van der Waals surface area (Å²) in [7, 11) is -31.4. The predicted molar refractivity (Wildman–Crippen MR) is 81.8 cm³/mol. The number of rotatable bonds is 1. The second kappa shape index (κ2) is 6.45. The summed E-state index contributed by atoms with van der Waals surface area (Å²) in [5, 5.41) is 0. The maximum atomic E-state index is 14.9. The minimum atomic E-state index is -6.75. The van der Waals surface area contributed by atoms with Crippen molar-refractivity contribution in [2.45, 2.75) is 0 Å². The molecule has 0 saturated carbocycles. The Morgan fingerprint density at radius 3 is 1.48 bits per heavy atom. The second-order valence-corrected chi connectivity index (χ2v) is 13.0. The fourth-order valence-corrected chi connectivity index (χ4v) is 10.8. The third-order valence-corrected chi connectivity index (χ3v) is 12.1. The van der Waals surface area contributed by atoms with E-state index in [2.05, 4.69) is 9.03 Å². The van der Waals surface area contributed by atoms with Crippen LogP contribution < -0.4 is 5.44 Å². The molecule has 1 aliphatic heterocycles. The van der Waals surface area contributed by atoms with Crippen LogP contribution in [0.4, 0.5) is 37.8 Å². The molecule has 0 amide bonds. The quantitative estimate of drug-likeness (QED) is 0.287. The lowest BCUT2D eigenvalue weighted by molar-refractivity contribution is 0.688. The second-order valence-electron chi connectivity index (χ2n) is 4.27. The minimum Gasteiger partial charge on any atom is -0.346 e. The first-order chi connectivity index (χ1) is 11.1. The molecular weight excluding hydrogens is 470 g/mol. The Morgan fingerprint density at radius 1 is 0.680 bits per heavy atom. The fourth-order valence-electron chi connectivity index (χ4n) is 1.60. The lowest BCUT2D eigenvalue weighted by Gasteiger charge is -2.15. The summed E-state index contributed by atoms with van der Waals surface area (Å²) in [6.45, 7) is 0. The number of hydrogen-bond acceptors (Lipinski definition) is 5. The molecule has 0 aromatic carbocycles. The molecule has 25 heavy (non-hydrogen) atoms. The van der Waals surface area contributed by atoms with Crippen molar-refractivity contribution in [2.24, 2.45) is 29.6 Å². The van der Waals surface area contributed by atoms with Gasteiger partial charge in [0.05, 0.1) is 0 Å². The van der Waals surface area contributed by atoms with Crippen LogP contribution in [0, 0.1) is 0 Å². The molecule has 2 heterocycles. The Morgan fingerprint density at radius 2 is 1.08 bits per heavy atom. The fraction of sp³-hybridized carbons (Fsp3) is 0.200. The molecule has 0 spiro atoms. The monoisotopic (exact) mass is 476 g/mol. The Balaban J connectivity index is 3.05. The lowest BCUT2D eigenvalue weighted by Crippen LogP contribution is -2.10. The van der Waals surface area contributed by atoms with Crippen LogP contribution in [-0.2, 0) is 7.05 Å². The molecule has 0 aliphatic carbocycles. The molecule has 1 aromatic rings. The van der Waals surface area contributed by atoms with Crippen molar-refractivity contribution in [2.75, 3.05) is 0 Å². The van der Waals surface area contributed by atoms with Gasteiger partial charge in [-0.1, -0.05) is 0 Å². The van der Waals surface area contributed by atoms with E-state index >= 15 is 0 Å². The highest BCUT2D eigenvalue weighted by atomic mass is 31.3. The third-order valence-electron chi connectivity index (χ3n) is 2.31. The van der Waals surface area contributed by atoms with Crippen molar-refractivity contribution >= 4 is 44.3 Å². The summed E-state index contributed by atoms with van der Waals surface area (Å²) in [4.78, 5) is 0. The van der Waals surface area contributed by atoms with E-state index in [1.165, 1.54) is 4.52 Å². The molecule has 0 bridgehead atoms. The van der Waals surface area contributed by atoms with Gasteiger partial charge in [-0.25, -0.2) is 0 Å². The van der Waals surface area contributed by atoms with Gasteiger partial charge in [-0.15, -0.1) is 56.2 Å². The molecule has 0 radical (unpaired) electrons. The van der Waals surface area contributed by atoms with Gasteiger partial charge in [-0.05, 0) is 12.1 Å². The van der Waals surface area contributed by atoms with Crippen LogP contribution in [0.25, 0.3) is 0 Å². The van der Waals surface area contributed by atoms with Gasteiger partial charge in [0.15, 0.2) is 0 Å². The Labute approximate surface area is 135 Å². The number of halogens is 9. The molecular formula is C5H6F9N6P5. The molecule has 1 atom stereocenters. The van der Waals surface area contributed by atoms with Crippen LogP contribution in [0.15, 0.2) is 40.9 Å². The minimum absolute atomic E-state index is 0.748. The van der Waals surface area contributed by atoms with E-state index in [9.17, 15) is 37.8 Å². The summed E-state index contributed by atoms with van der Waals surface area (Å²) in [6, 6.07) is 1.80. The summed E-state index contributed by atoms with van der Waals surface area (Å²) in [6.07, 6.45) is 1.06. The van der Waals surface area contributed by atoms with Gasteiger partial charge in [0.2, 0.25) is 0 Å². The predicted octanol–water partition coefficient (Wildman–Crippen LogP) is 9.21. The normalized spacial score (nSPS) is 29.8. The molecule has 0 N–H and O–H groups in total. The molecule has 1 unspecified atom stereocenters. The van der Waals surface area contributed by atoms with Gasteiger partial charge in [0.25, 0.3) is 7.52 Å². The summed E-state index contributed by atoms with van der Waals surface area (Å²) >= 11 is 0. The van der Waals surface area contributed by atoms with Crippen LogP contribution in [0.5, 0.6) is 0 Å². The van der Waals surface area contributed by atoms with Crippen molar-refractivity contribution in [3.8, 4) is 0 Å². The Kier molecular flexibility index (Phi) is 5.44. The van der Waals surface area contributed by atoms with Gasteiger partial charge >= 0.3 is 31.3 Å². The van der Waals surface area contributed by atoms with Crippen LogP contribution in [0.3, 0.4) is 0 Å². The summed E-state index contributed by atoms with van der Waals surface area (Å²) < 4.78 is 132.